The van der Waals surface area contributed by atoms with Gasteiger partial charge in [0.2, 0.25) is 0 Å². The van der Waals surface area contributed by atoms with Crippen LogP contribution in [-0.4, -0.2) is 43.8 Å². The smallest absolute Gasteiger partial charge is 0.160 e. The molecule has 0 spiro atoms. The average Bonchev–Trinajstić information content (AvgIpc) is 2.77. The fraction of sp³-hybridized carbons (Fsp3) is 0.571. The van der Waals surface area contributed by atoms with Crippen molar-refractivity contribution in [2.24, 2.45) is 5.92 Å². The number of nitrogens with zero attached hydrogens (tertiary/aromatic N) is 1. The third-order valence-corrected chi connectivity index (χ3v) is 3.51. The van der Waals surface area contributed by atoms with Gasteiger partial charge >= 0.3 is 0 Å². The Bertz CT molecular complexity index is 401. The summed E-state index contributed by atoms with van der Waals surface area (Å²) in [5, 5.41) is 13.0. The fourth-order valence-electron chi connectivity index (χ4n) is 2.60. The number of hydrogen-bond acceptors (Lipinski definition) is 4. The maximum absolute atomic E-state index is 9.75. The highest BCUT2D eigenvalue weighted by atomic mass is 35.5. The zero-order chi connectivity index (χ0) is 13.0. The second-order valence-corrected chi connectivity index (χ2v) is 4.95. The lowest BCUT2D eigenvalue weighted by Crippen LogP contribution is -2.24. The minimum atomic E-state index is 0. The normalized spacial score (nSPS) is 19.2. The highest BCUT2D eigenvalue weighted by Gasteiger charge is 2.21. The van der Waals surface area contributed by atoms with Crippen LogP contribution in [0.15, 0.2) is 18.2 Å². The summed E-state index contributed by atoms with van der Waals surface area (Å²) >= 11 is 0. The van der Waals surface area contributed by atoms with Gasteiger partial charge < -0.3 is 15.2 Å². The first-order valence-corrected chi connectivity index (χ1v) is 6.45. The molecular formula is C14H23ClN2O2. The van der Waals surface area contributed by atoms with E-state index in [-0.39, 0.29) is 18.2 Å². The molecule has 1 aliphatic rings. The number of benzene rings is 1. The summed E-state index contributed by atoms with van der Waals surface area (Å²) in [6.07, 6.45) is 1.25. The largest absolute Gasteiger partial charge is 0.504 e. The van der Waals surface area contributed by atoms with Crippen LogP contribution in [0.1, 0.15) is 12.0 Å². The Balaban J connectivity index is 0.00000180. The Morgan fingerprint density at radius 2 is 2.26 bits per heavy atom. The van der Waals surface area contributed by atoms with Gasteiger partial charge in [-0.2, -0.15) is 0 Å². The molecule has 1 saturated heterocycles. The number of likely N-dealkylation sites (tertiary alicyclic amines) is 1. The van der Waals surface area contributed by atoms with E-state index in [1.807, 2.05) is 19.2 Å². The lowest BCUT2D eigenvalue weighted by molar-refractivity contribution is 0.314. The molecule has 0 amide bonds. The van der Waals surface area contributed by atoms with Crippen LogP contribution < -0.4 is 10.1 Å². The van der Waals surface area contributed by atoms with E-state index in [0.29, 0.717) is 5.75 Å². The van der Waals surface area contributed by atoms with Gasteiger partial charge in [-0.25, -0.2) is 0 Å². The molecule has 1 fully saturated rings. The monoisotopic (exact) mass is 286 g/mol. The van der Waals surface area contributed by atoms with Gasteiger partial charge in [-0.15, -0.1) is 12.4 Å². The molecule has 0 saturated carbocycles. The van der Waals surface area contributed by atoms with E-state index in [1.165, 1.54) is 6.42 Å². The molecule has 0 radical (unpaired) electrons. The van der Waals surface area contributed by atoms with Crippen molar-refractivity contribution in [1.82, 2.24) is 10.2 Å². The van der Waals surface area contributed by atoms with Crippen molar-refractivity contribution in [1.29, 1.82) is 0 Å². The van der Waals surface area contributed by atoms with Gasteiger partial charge in [-0.3, -0.25) is 4.90 Å². The molecule has 0 bridgehead atoms. The molecule has 1 unspecified atom stereocenters. The van der Waals surface area contributed by atoms with Crippen LogP contribution in [0.3, 0.4) is 0 Å². The Kier molecular flexibility index (Phi) is 6.42. The number of methoxy groups -OCH3 is 1. The standard InChI is InChI=1S/C14H22N2O2.ClH/c1-15-8-12-5-6-16(10-12)9-11-3-4-14(18-2)13(17)7-11;/h3-4,7,12,15,17H,5-6,8-10H2,1-2H3;1H. The molecule has 0 aromatic heterocycles. The van der Waals surface area contributed by atoms with E-state index < -0.39 is 0 Å². The Hall–Kier alpha value is -0.970. The Morgan fingerprint density at radius 3 is 2.89 bits per heavy atom. The third kappa shape index (κ3) is 4.27. The highest BCUT2D eigenvalue weighted by molar-refractivity contribution is 5.85. The van der Waals surface area contributed by atoms with Crippen LogP contribution >= 0.6 is 12.4 Å². The molecule has 1 aromatic rings. The first kappa shape index (κ1) is 16.1. The summed E-state index contributed by atoms with van der Waals surface area (Å²) in [5.41, 5.74) is 1.14. The average molecular weight is 287 g/mol. The van der Waals surface area contributed by atoms with Gasteiger partial charge in [-0.1, -0.05) is 6.07 Å². The molecule has 1 heterocycles. The number of rotatable bonds is 5. The van der Waals surface area contributed by atoms with Crippen molar-refractivity contribution >= 4 is 12.4 Å². The van der Waals surface area contributed by atoms with Crippen molar-refractivity contribution in [3.63, 3.8) is 0 Å². The highest BCUT2D eigenvalue weighted by Crippen LogP contribution is 2.27. The summed E-state index contributed by atoms with van der Waals surface area (Å²) in [6, 6.07) is 5.64. The number of ether oxygens (including phenoxy) is 1. The van der Waals surface area contributed by atoms with Crippen LogP contribution in [0, 0.1) is 5.92 Å². The second-order valence-electron chi connectivity index (χ2n) is 4.95. The molecule has 108 valence electrons. The number of nitrogens with one attached hydrogen (secondary N) is 1. The molecule has 5 heteroatoms. The minimum absolute atomic E-state index is 0. The first-order chi connectivity index (χ1) is 8.72. The second kappa shape index (κ2) is 7.58. The van der Waals surface area contributed by atoms with Crippen molar-refractivity contribution in [3.8, 4) is 11.5 Å². The van der Waals surface area contributed by atoms with Gasteiger partial charge in [0.05, 0.1) is 7.11 Å². The van der Waals surface area contributed by atoms with E-state index in [0.717, 1.165) is 37.7 Å². The molecule has 0 aliphatic carbocycles. The summed E-state index contributed by atoms with van der Waals surface area (Å²) in [4.78, 5) is 2.43. The van der Waals surface area contributed by atoms with E-state index in [1.54, 1.807) is 13.2 Å². The molecule has 2 rings (SSSR count). The Morgan fingerprint density at radius 1 is 1.47 bits per heavy atom. The Labute approximate surface area is 121 Å². The number of hydrogen-bond donors (Lipinski definition) is 2. The third-order valence-electron chi connectivity index (χ3n) is 3.51. The molecule has 1 aliphatic heterocycles. The fourth-order valence-corrected chi connectivity index (χ4v) is 2.60. The summed E-state index contributed by atoms with van der Waals surface area (Å²) in [6.45, 7) is 4.26. The van der Waals surface area contributed by atoms with E-state index in [9.17, 15) is 5.11 Å². The summed E-state index contributed by atoms with van der Waals surface area (Å²) in [7, 11) is 3.57. The SMILES string of the molecule is CNCC1CCN(Cc2ccc(OC)c(O)c2)C1.Cl. The van der Waals surface area contributed by atoms with Gasteiger partial charge in [0.1, 0.15) is 0 Å². The number of halogens is 1. The summed E-state index contributed by atoms with van der Waals surface area (Å²) in [5.74, 6) is 1.51. The van der Waals surface area contributed by atoms with Crippen LogP contribution in [0.5, 0.6) is 11.5 Å². The molecule has 1 atom stereocenters. The van der Waals surface area contributed by atoms with Crippen LogP contribution in [0.4, 0.5) is 0 Å². The topological polar surface area (TPSA) is 44.7 Å². The van der Waals surface area contributed by atoms with Crippen molar-refractivity contribution in [2.45, 2.75) is 13.0 Å². The van der Waals surface area contributed by atoms with Gasteiger partial charge in [0, 0.05) is 13.1 Å². The first-order valence-electron chi connectivity index (χ1n) is 6.45. The minimum Gasteiger partial charge on any atom is -0.504 e. The molecule has 1 aromatic carbocycles. The predicted molar refractivity (Wildman–Crippen MR) is 79.2 cm³/mol. The van der Waals surface area contributed by atoms with E-state index in [2.05, 4.69) is 10.2 Å². The lowest BCUT2D eigenvalue weighted by Gasteiger charge is -2.16. The van der Waals surface area contributed by atoms with Crippen molar-refractivity contribution in [2.75, 3.05) is 33.8 Å². The zero-order valence-corrected chi connectivity index (χ0v) is 12.4. The quantitative estimate of drug-likeness (QED) is 0.867. The number of phenolic OH excluding ortho intramolecular Hbond substituents is 1. The maximum Gasteiger partial charge on any atom is 0.160 e. The van der Waals surface area contributed by atoms with Crippen molar-refractivity contribution in [3.05, 3.63) is 23.8 Å². The van der Waals surface area contributed by atoms with E-state index in [4.69, 9.17) is 4.74 Å². The molecule has 4 nitrogen and oxygen atoms in total. The van der Waals surface area contributed by atoms with Gasteiger partial charge in [0.15, 0.2) is 11.5 Å². The molecular weight excluding hydrogens is 264 g/mol. The van der Waals surface area contributed by atoms with Gasteiger partial charge in [0.25, 0.3) is 0 Å². The number of aromatic hydroxyl groups is 1. The molecule has 2 N–H and O–H groups in total. The van der Waals surface area contributed by atoms with Gasteiger partial charge in [-0.05, 0) is 50.2 Å². The summed E-state index contributed by atoms with van der Waals surface area (Å²) < 4.78 is 5.05. The van der Waals surface area contributed by atoms with Crippen molar-refractivity contribution < 1.29 is 9.84 Å². The predicted octanol–water partition coefficient (Wildman–Crippen LogP) is 1.86. The van der Waals surface area contributed by atoms with Crippen LogP contribution in [0.2, 0.25) is 0 Å². The van der Waals surface area contributed by atoms with Crippen LogP contribution in [-0.2, 0) is 6.54 Å². The zero-order valence-electron chi connectivity index (χ0n) is 11.6. The van der Waals surface area contributed by atoms with Crippen LogP contribution in [0.25, 0.3) is 0 Å². The lowest BCUT2D eigenvalue weighted by atomic mass is 10.1. The van der Waals surface area contributed by atoms with E-state index >= 15 is 0 Å². The molecule has 19 heavy (non-hydrogen) atoms. The number of phenols is 1. The maximum atomic E-state index is 9.75.